The molecular formula is C45H43BrO17. The van der Waals surface area contributed by atoms with E-state index in [1.807, 2.05) is 0 Å². The van der Waals surface area contributed by atoms with Crippen LogP contribution in [-0.4, -0.2) is 121 Å². The number of rotatable bonds is 15. The van der Waals surface area contributed by atoms with Crippen LogP contribution in [0.25, 0.3) is 0 Å². The van der Waals surface area contributed by atoms with E-state index in [0.29, 0.717) is 5.75 Å². The molecule has 0 unspecified atom stereocenters. The van der Waals surface area contributed by atoms with Crippen molar-refractivity contribution in [1.29, 1.82) is 0 Å². The van der Waals surface area contributed by atoms with E-state index in [2.05, 4.69) is 15.9 Å². The van der Waals surface area contributed by atoms with Crippen molar-refractivity contribution in [3.05, 3.63) is 138 Å². The first-order valence-electron chi connectivity index (χ1n) is 19.5. The van der Waals surface area contributed by atoms with Gasteiger partial charge in [-0.3, -0.25) is 9.59 Å². The van der Waals surface area contributed by atoms with Gasteiger partial charge in [0.15, 0.2) is 43.1 Å². The molecule has 6 rings (SSSR count). The van der Waals surface area contributed by atoms with E-state index in [1.54, 1.807) is 54.6 Å². The minimum absolute atomic E-state index is 0.0555. The van der Waals surface area contributed by atoms with Gasteiger partial charge in [-0.25, -0.2) is 19.2 Å². The van der Waals surface area contributed by atoms with Crippen molar-refractivity contribution in [2.75, 3.05) is 19.0 Å². The van der Waals surface area contributed by atoms with E-state index < -0.39 is 104 Å². The lowest BCUT2D eigenvalue weighted by atomic mass is 9.96. The molecule has 10 atom stereocenters. The molecule has 2 aliphatic heterocycles. The summed E-state index contributed by atoms with van der Waals surface area (Å²) >= 11 is 3.37. The van der Waals surface area contributed by atoms with Crippen LogP contribution in [0.5, 0.6) is 5.75 Å². The molecule has 18 heteroatoms. The highest BCUT2D eigenvalue weighted by molar-refractivity contribution is 9.09. The van der Waals surface area contributed by atoms with Gasteiger partial charge in [-0.15, -0.1) is 0 Å². The number of aliphatic hydroxyl groups excluding tert-OH is 1. The Morgan fingerprint density at radius 1 is 0.524 bits per heavy atom. The normalized spacial score (nSPS) is 25.3. The van der Waals surface area contributed by atoms with E-state index >= 15 is 0 Å². The van der Waals surface area contributed by atoms with E-state index in [-0.39, 0.29) is 27.6 Å². The van der Waals surface area contributed by atoms with E-state index in [4.69, 9.17) is 47.4 Å². The van der Waals surface area contributed by atoms with Crippen molar-refractivity contribution in [1.82, 2.24) is 0 Å². The number of halogens is 1. The van der Waals surface area contributed by atoms with Gasteiger partial charge in [-0.2, -0.15) is 0 Å². The van der Waals surface area contributed by atoms with Crippen LogP contribution in [0.3, 0.4) is 0 Å². The first-order valence-corrected chi connectivity index (χ1v) is 20.6. The third-order valence-electron chi connectivity index (χ3n) is 9.71. The van der Waals surface area contributed by atoms with Gasteiger partial charge in [0.2, 0.25) is 0 Å². The highest BCUT2D eigenvalue weighted by Gasteiger charge is 2.57. The molecule has 4 aromatic carbocycles. The first kappa shape index (κ1) is 46.3. The number of aliphatic hydroxyl groups is 1. The van der Waals surface area contributed by atoms with Crippen LogP contribution in [0, 0.1) is 0 Å². The van der Waals surface area contributed by atoms with Gasteiger partial charge < -0.3 is 52.5 Å². The topological polar surface area (TPSA) is 215 Å². The number of hydrogen-bond donors (Lipinski definition) is 1. The van der Waals surface area contributed by atoms with Gasteiger partial charge in [0.1, 0.15) is 30.7 Å². The quantitative estimate of drug-likeness (QED) is 0.0978. The molecule has 0 saturated carbocycles. The molecule has 0 bridgehead atoms. The molecule has 0 radical (unpaired) electrons. The SMILES string of the molecule is COc1ccc(C(=O)O[C@@H]2[C@H](OC(C)=O)[C@@H](OC(C)=O)[C@@H](O[C@@H]3[C@H](OC(=O)c4ccccc4)[C@@H](OC(=O)c4ccccc4)[C@H](O)O[C@@H]3COC(=O)c3ccccc3)O[C@@H]2CBr)cc1. The molecule has 2 fully saturated rings. The van der Waals surface area contributed by atoms with Crippen LogP contribution in [0.4, 0.5) is 0 Å². The lowest BCUT2D eigenvalue weighted by Gasteiger charge is -2.48. The molecule has 2 saturated heterocycles. The summed E-state index contributed by atoms with van der Waals surface area (Å²) in [6.45, 7) is 1.49. The Kier molecular flexibility index (Phi) is 16.0. The summed E-state index contributed by atoms with van der Waals surface area (Å²) < 4.78 is 58.7. The molecule has 4 aromatic rings. The van der Waals surface area contributed by atoms with Crippen molar-refractivity contribution in [3.63, 3.8) is 0 Å². The van der Waals surface area contributed by atoms with E-state index in [9.17, 15) is 33.9 Å². The summed E-state index contributed by atoms with van der Waals surface area (Å²) in [4.78, 5) is 79.7. The number of hydrogen-bond acceptors (Lipinski definition) is 17. The highest BCUT2D eigenvalue weighted by Crippen LogP contribution is 2.36. The van der Waals surface area contributed by atoms with Crippen LogP contribution in [0.2, 0.25) is 0 Å². The van der Waals surface area contributed by atoms with E-state index in [0.717, 1.165) is 13.8 Å². The van der Waals surface area contributed by atoms with Crippen LogP contribution in [0.15, 0.2) is 115 Å². The monoisotopic (exact) mass is 934 g/mol. The Balaban J connectivity index is 1.40. The van der Waals surface area contributed by atoms with E-state index in [1.165, 1.54) is 67.8 Å². The van der Waals surface area contributed by atoms with Crippen molar-refractivity contribution >= 4 is 51.7 Å². The maximum atomic E-state index is 13.9. The maximum absolute atomic E-state index is 13.9. The molecule has 1 N–H and O–H groups in total. The Bertz CT molecular complexity index is 2190. The second-order valence-electron chi connectivity index (χ2n) is 14.0. The number of carbonyl (C=O) groups is 6. The fourth-order valence-electron chi connectivity index (χ4n) is 6.77. The first-order chi connectivity index (χ1) is 30.4. The standard InChI is InChI=1S/C45H43BrO17/c1-25(47)56-37-34(60-43(52)30-19-21-31(54-3)22-20-30)32(23-46)59-45(39(37)57-26(2)48)63-35-33(24-55-40(49)27-13-7-4-8-14-27)58-44(53)38(62-42(51)29-17-11-6-12-18-29)36(35)61-41(50)28-15-9-5-10-16-28/h4-22,32-39,44-45,53H,23-24H2,1-3H3/t32-,33-,34+,35+,36+,37+,38-,39-,44-,45-/m1/s1. The zero-order valence-electron chi connectivity index (χ0n) is 34.0. The van der Waals surface area contributed by atoms with Gasteiger partial charge >= 0.3 is 35.8 Å². The predicted octanol–water partition coefficient (Wildman–Crippen LogP) is 4.61. The molecule has 0 aliphatic carbocycles. The molecule has 2 aliphatic rings. The molecular weight excluding hydrogens is 892 g/mol. The molecule has 0 spiro atoms. The fraction of sp³-hybridized carbons (Fsp3) is 0.333. The second-order valence-corrected chi connectivity index (χ2v) is 14.7. The molecule has 17 nitrogen and oxygen atoms in total. The zero-order chi connectivity index (χ0) is 45.0. The van der Waals surface area contributed by atoms with Gasteiger partial charge in [-0.1, -0.05) is 70.5 Å². The zero-order valence-corrected chi connectivity index (χ0v) is 35.6. The fourth-order valence-corrected chi connectivity index (χ4v) is 7.29. The van der Waals surface area contributed by atoms with Crippen LogP contribution < -0.4 is 4.74 Å². The Labute approximate surface area is 369 Å². The van der Waals surface area contributed by atoms with Crippen molar-refractivity contribution in [3.8, 4) is 5.75 Å². The third kappa shape index (κ3) is 11.8. The highest BCUT2D eigenvalue weighted by atomic mass is 79.9. The summed E-state index contributed by atoms with van der Waals surface area (Å²) in [5.74, 6) is -4.86. The smallest absolute Gasteiger partial charge is 0.338 e. The van der Waals surface area contributed by atoms with Crippen molar-refractivity contribution in [2.45, 2.75) is 75.3 Å². The average molecular weight is 936 g/mol. The summed E-state index contributed by atoms with van der Waals surface area (Å²) in [5, 5.41) is 11.4. The number of carbonyl (C=O) groups excluding carboxylic acids is 6. The van der Waals surface area contributed by atoms with Gasteiger partial charge in [-0.05, 0) is 60.7 Å². The number of ether oxygens (including phenoxy) is 10. The van der Waals surface area contributed by atoms with Crippen LogP contribution in [0.1, 0.15) is 55.3 Å². The number of alkyl halides is 1. The molecule has 0 aromatic heterocycles. The largest absolute Gasteiger partial charge is 0.497 e. The minimum atomic E-state index is -2.02. The number of benzene rings is 4. The number of esters is 6. The molecule has 63 heavy (non-hydrogen) atoms. The maximum Gasteiger partial charge on any atom is 0.338 e. The van der Waals surface area contributed by atoms with Crippen molar-refractivity contribution < 1.29 is 81.2 Å². The second kappa shape index (κ2) is 21.8. The Morgan fingerprint density at radius 2 is 0.968 bits per heavy atom. The summed E-state index contributed by atoms with van der Waals surface area (Å²) in [6, 6.07) is 29.4. The average Bonchev–Trinajstić information content (AvgIpc) is 3.29. The number of methoxy groups -OCH3 is 1. The summed E-state index contributed by atoms with van der Waals surface area (Å²) in [5.41, 5.74) is 0.385. The third-order valence-corrected chi connectivity index (χ3v) is 10.3. The molecule has 332 valence electrons. The van der Waals surface area contributed by atoms with Crippen LogP contribution >= 0.6 is 15.9 Å². The summed E-state index contributed by atoms with van der Waals surface area (Å²) in [6.07, 6.45) is -16.6. The van der Waals surface area contributed by atoms with Crippen molar-refractivity contribution in [2.24, 2.45) is 0 Å². The predicted molar refractivity (Wildman–Crippen MR) is 220 cm³/mol. The molecule has 2 heterocycles. The van der Waals surface area contributed by atoms with Gasteiger partial charge in [0.05, 0.1) is 29.4 Å². The lowest BCUT2D eigenvalue weighted by Crippen LogP contribution is -2.67. The lowest BCUT2D eigenvalue weighted by molar-refractivity contribution is -0.350. The van der Waals surface area contributed by atoms with Crippen LogP contribution in [-0.2, 0) is 52.2 Å². The summed E-state index contributed by atoms with van der Waals surface area (Å²) in [7, 11) is 1.46. The van der Waals surface area contributed by atoms with Gasteiger partial charge in [0, 0.05) is 19.2 Å². The minimum Gasteiger partial charge on any atom is -0.497 e. The Hall–Kier alpha value is -6.18. The Morgan fingerprint density at radius 3 is 1.46 bits per heavy atom. The molecule has 0 amide bonds. The van der Waals surface area contributed by atoms with Gasteiger partial charge in [0.25, 0.3) is 0 Å².